The summed E-state index contributed by atoms with van der Waals surface area (Å²) in [5.74, 6) is 4.19. The second kappa shape index (κ2) is 7.19. The van der Waals surface area contributed by atoms with Gasteiger partial charge in [-0.15, -0.1) is 0 Å². The molecule has 114 valence electrons. The first-order valence-electron chi connectivity index (χ1n) is 6.37. The van der Waals surface area contributed by atoms with Crippen molar-refractivity contribution in [3.05, 3.63) is 59.9 Å². The Morgan fingerprint density at radius 3 is 2.27 bits per heavy atom. The van der Waals surface area contributed by atoms with Crippen molar-refractivity contribution in [2.24, 2.45) is 5.84 Å². The number of hydrazine groups is 1. The van der Waals surface area contributed by atoms with Gasteiger partial charge in [-0.25, -0.2) is 10.2 Å². The second-order valence-electron chi connectivity index (χ2n) is 4.34. The van der Waals surface area contributed by atoms with Crippen molar-refractivity contribution >= 4 is 17.5 Å². The van der Waals surface area contributed by atoms with Gasteiger partial charge in [-0.3, -0.25) is 15.0 Å². The quantitative estimate of drug-likeness (QED) is 0.443. The molecule has 0 heterocycles. The number of ether oxygens (including phenoxy) is 1. The lowest BCUT2D eigenvalue weighted by Crippen LogP contribution is -2.34. The molecule has 2 aromatic rings. The molecule has 0 saturated carbocycles. The SMILES string of the molecule is NNC(=O)COc1ccc(C(=O)Nc2ccc(F)cc2)cc1. The highest BCUT2D eigenvalue weighted by atomic mass is 19.1. The summed E-state index contributed by atoms with van der Waals surface area (Å²) >= 11 is 0. The van der Waals surface area contributed by atoms with E-state index in [9.17, 15) is 14.0 Å². The summed E-state index contributed by atoms with van der Waals surface area (Å²) in [5.41, 5.74) is 2.84. The molecule has 0 saturated heterocycles. The smallest absolute Gasteiger partial charge is 0.271 e. The highest BCUT2D eigenvalue weighted by Crippen LogP contribution is 2.14. The Balaban J connectivity index is 1.96. The summed E-state index contributed by atoms with van der Waals surface area (Å²) in [7, 11) is 0. The maximum absolute atomic E-state index is 12.8. The number of benzene rings is 2. The molecule has 0 aliphatic heterocycles. The molecule has 2 rings (SSSR count). The third kappa shape index (κ3) is 4.29. The van der Waals surface area contributed by atoms with Crippen LogP contribution in [0.4, 0.5) is 10.1 Å². The maximum Gasteiger partial charge on any atom is 0.271 e. The fourth-order valence-electron chi connectivity index (χ4n) is 1.63. The predicted octanol–water partition coefficient (Wildman–Crippen LogP) is 1.45. The highest BCUT2D eigenvalue weighted by molar-refractivity contribution is 6.04. The predicted molar refractivity (Wildman–Crippen MR) is 78.6 cm³/mol. The van der Waals surface area contributed by atoms with E-state index < -0.39 is 5.91 Å². The van der Waals surface area contributed by atoms with Crippen LogP contribution in [0.2, 0.25) is 0 Å². The summed E-state index contributed by atoms with van der Waals surface area (Å²) in [6.07, 6.45) is 0. The van der Waals surface area contributed by atoms with Gasteiger partial charge in [0.2, 0.25) is 0 Å². The van der Waals surface area contributed by atoms with Gasteiger partial charge < -0.3 is 10.1 Å². The van der Waals surface area contributed by atoms with E-state index >= 15 is 0 Å². The van der Waals surface area contributed by atoms with Crippen molar-refractivity contribution in [2.45, 2.75) is 0 Å². The minimum Gasteiger partial charge on any atom is -0.484 e. The van der Waals surface area contributed by atoms with Crippen LogP contribution < -0.4 is 21.3 Å². The van der Waals surface area contributed by atoms with Crippen LogP contribution in [0.3, 0.4) is 0 Å². The van der Waals surface area contributed by atoms with Crippen molar-refractivity contribution in [3.8, 4) is 5.75 Å². The van der Waals surface area contributed by atoms with Gasteiger partial charge in [-0.2, -0.15) is 0 Å². The third-order valence-electron chi connectivity index (χ3n) is 2.75. The van der Waals surface area contributed by atoms with E-state index in [2.05, 4.69) is 5.32 Å². The molecule has 4 N–H and O–H groups in total. The topological polar surface area (TPSA) is 93.4 Å². The standard InChI is InChI=1S/C15H14FN3O3/c16-11-3-5-12(6-4-11)18-15(21)10-1-7-13(8-2-10)22-9-14(20)19-17/h1-8H,9,17H2,(H,18,21)(H,19,20). The zero-order chi connectivity index (χ0) is 15.9. The number of hydrogen-bond acceptors (Lipinski definition) is 4. The summed E-state index contributed by atoms with van der Waals surface area (Å²) in [4.78, 5) is 22.9. The first-order chi connectivity index (χ1) is 10.6. The highest BCUT2D eigenvalue weighted by Gasteiger charge is 2.07. The van der Waals surface area contributed by atoms with E-state index in [0.717, 1.165) is 0 Å². The van der Waals surface area contributed by atoms with Crippen LogP contribution in [0, 0.1) is 5.82 Å². The van der Waals surface area contributed by atoms with Crippen LogP contribution >= 0.6 is 0 Å². The number of anilines is 1. The van der Waals surface area contributed by atoms with Gasteiger partial charge in [0, 0.05) is 11.3 Å². The summed E-state index contributed by atoms with van der Waals surface area (Å²) < 4.78 is 17.9. The molecule has 7 heteroatoms. The molecule has 0 fully saturated rings. The molecule has 0 bridgehead atoms. The van der Waals surface area contributed by atoms with Gasteiger partial charge in [-0.1, -0.05) is 0 Å². The molecule has 22 heavy (non-hydrogen) atoms. The van der Waals surface area contributed by atoms with Crippen molar-refractivity contribution in [1.82, 2.24) is 5.43 Å². The fourth-order valence-corrected chi connectivity index (χ4v) is 1.63. The minimum absolute atomic E-state index is 0.211. The average molecular weight is 303 g/mol. The van der Waals surface area contributed by atoms with Crippen molar-refractivity contribution in [2.75, 3.05) is 11.9 Å². The van der Waals surface area contributed by atoms with E-state index in [4.69, 9.17) is 10.6 Å². The maximum atomic E-state index is 12.8. The van der Waals surface area contributed by atoms with Crippen LogP contribution in [0.1, 0.15) is 10.4 Å². The first-order valence-corrected chi connectivity index (χ1v) is 6.37. The lowest BCUT2D eigenvalue weighted by atomic mass is 10.2. The molecule has 6 nitrogen and oxygen atoms in total. The molecule has 0 unspecified atom stereocenters. The lowest BCUT2D eigenvalue weighted by molar-refractivity contribution is -0.123. The van der Waals surface area contributed by atoms with Crippen molar-refractivity contribution < 1.29 is 18.7 Å². The Hall–Kier alpha value is -2.93. The number of amides is 2. The zero-order valence-corrected chi connectivity index (χ0v) is 11.5. The lowest BCUT2D eigenvalue weighted by Gasteiger charge is -2.07. The van der Waals surface area contributed by atoms with Crippen LogP contribution in [0.25, 0.3) is 0 Å². The third-order valence-corrected chi connectivity index (χ3v) is 2.75. The van der Waals surface area contributed by atoms with E-state index in [1.54, 1.807) is 24.3 Å². The monoisotopic (exact) mass is 303 g/mol. The van der Waals surface area contributed by atoms with E-state index in [1.165, 1.54) is 24.3 Å². The summed E-state index contributed by atoms with van der Waals surface area (Å²) in [6, 6.07) is 11.7. The molecule has 0 aliphatic carbocycles. The van der Waals surface area contributed by atoms with Gasteiger partial charge in [-0.05, 0) is 48.5 Å². The number of carbonyl (C=O) groups is 2. The van der Waals surface area contributed by atoms with E-state index in [0.29, 0.717) is 17.0 Å². The molecule has 2 amide bonds. The summed E-state index contributed by atoms with van der Waals surface area (Å²) in [6.45, 7) is -0.211. The van der Waals surface area contributed by atoms with E-state index in [-0.39, 0.29) is 18.3 Å². The first kappa shape index (κ1) is 15.5. The molecule has 0 atom stereocenters. The van der Waals surface area contributed by atoms with Gasteiger partial charge in [0.15, 0.2) is 6.61 Å². The minimum atomic E-state index is -0.460. The Kier molecular flexibility index (Phi) is 5.05. The number of nitrogens with one attached hydrogen (secondary N) is 2. The van der Waals surface area contributed by atoms with Gasteiger partial charge >= 0.3 is 0 Å². The van der Waals surface area contributed by atoms with Crippen molar-refractivity contribution in [1.29, 1.82) is 0 Å². The molecule has 0 aromatic heterocycles. The fraction of sp³-hybridized carbons (Fsp3) is 0.0667. The number of nitrogens with two attached hydrogens (primary N) is 1. The second-order valence-corrected chi connectivity index (χ2v) is 4.34. The van der Waals surface area contributed by atoms with Crippen LogP contribution in [0.5, 0.6) is 5.75 Å². The number of carbonyl (C=O) groups excluding carboxylic acids is 2. The molecule has 0 spiro atoms. The Labute approximate surface area is 126 Å². The summed E-state index contributed by atoms with van der Waals surface area (Å²) in [5, 5.41) is 2.64. The van der Waals surface area contributed by atoms with Gasteiger partial charge in [0.25, 0.3) is 11.8 Å². The Morgan fingerprint density at radius 2 is 1.68 bits per heavy atom. The van der Waals surface area contributed by atoms with Gasteiger partial charge in [0.1, 0.15) is 11.6 Å². The zero-order valence-electron chi connectivity index (χ0n) is 11.5. The van der Waals surface area contributed by atoms with Crippen LogP contribution in [0.15, 0.2) is 48.5 Å². The molecule has 0 radical (unpaired) electrons. The molecule has 2 aromatic carbocycles. The van der Waals surface area contributed by atoms with Crippen LogP contribution in [-0.4, -0.2) is 18.4 Å². The molecule has 0 aliphatic rings. The normalized spacial score (nSPS) is 9.91. The van der Waals surface area contributed by atoms with Crippen molar-refractivity contribution in [3.63, 3.8) is 0 Å². The van der Waals surface area contributed by atoms with Crippen LogP contribution in [-0.2, 0) is 4.79 Å². The number of hydrogen-bond donors (Lipinski definition) is 3. The number of rotatable bonds is 5. The molecular weight excluding hydrogens is 289 g/mol. The Bertz CT molecular complexity index is 657. The molecular formula is C15H14FN3O3. The largest absolute Gasteiger partial charge is 0.484 e. The Morgan fingerprint density at radius 1 is 1.05 bits per heavy atom. The number of halogens is 1. The van der Waals surface area contributed by atoms with E-state index in [1.807, 2.05) is 5.43 Å². The average Bonchev–Trinajstić information content (AvgIpc) is 2.55. The van der Waals surface area contributed by atoms with Gasteiger partial charge in [0.05, 0.1) is 0 Å².